The molecule has 0 fully saturated rings. The van der Waals surface area contributed by atoms with Crippen molar-refractivity contribution in [3.63, 3.8) is 0 Å². The maximum Gasteiger partial charge on any atom is 0.226 e. The van der Waals surface area contributed by atoms with Crippen LogP contribution in [0.25, 0.3) is 0 Å². The fourth-order valence-corrected chi connectivity index (χ4v) is 1.50. The van der Waals surface area contributed by atoms with E-state index in [4.69, 9.17) is 0 Å². The molecule has 0 atom stereocenters. The van der Waals surface area contributed by atoms with Gasteiger partial charge in [0.25, 0.3) is 0 Å². The predicted octanol–water partition coefficient (Wildman–Crippen LogP) is 2.21. The molecular formula is C12H16F2N2O. The minimum Gasteiger partial charge on any atom is -0.353 e. The number of aromatic nitrogens is 1. The van der Waals surface area contributed by atoms with E-state index in [1.165, 1.54) is 0 Å². The fraction of sp³-hybridized carbons (Fsp3) is 0.500. The maximum absolute atomic E-state index is 13.2. The normalized spacial score (nSPS) is 10.6. The summed E-state index contributed by atoms with van der Waals surface area (Å²) in [5, 5.41) is 2.77. The van der Waals surface area contributed by atoms with E-state index < -0.39 is 11.6 Å². The van der Waals surface area contributed by atoms with Gasteiger partial charge in [0.1, 0.15) is 11.6 Å². The van der Waals surface area contributed by atoms with Gasteiger partial charge in [-0.3, -0.25) is 9.78 Å². The van der Waals surface area contributed by atoms with E-state index in [1.54, 1.807) is 0 Å². The van der Waals surface area contributed by atoms with E-state index in [-0.39, 0.29) is 24.1 Å². The summed E-state index contributed by atoms with van der Waals surface area (Å²) in [6, 6.07) is 0.818. The second-order valence-corrected chi connectivity index (χ2v) is 3.84. The lowest BCUT2D eigenvalue weighted by Gasteiger charge is -2.14. The highest BCUT2D eigenvalue weighted by Gasteiger charge is 2.13. The van der Waals surface area contributed by atoms with Gasteiger partial charge in [-0.25, -0.2) is 8.78 Å². The monoisotopic (exact) mass is 242 g/mol. The molecule has 1 amide bonds. The molecule has 0 unspecified atom stereocenters. The summed E-state index contributed by atoms with van der Waals surface area (Å²) in [4.78, 5) is 15.1. The molecule has 1 N–H and O–H groups in total. The molecule has 1 heterocycles. The summed E-state index contributed by atoms with van der Waals surface area (Å²) in [5.41, 5.74) is -0.0325. The van der Waals surface area contributed by atoms with Gasteiger partial charge in [0.2, 0.25) is 5.91 Å². The summed E-state index contributed by atoms with van der Waals surface area (Å²) in [5.74, 6) is -1.83. The molecule has 17 heavy (non-hydrogen) atoms. The summed E-state index contributed by atoms with van der Waals surface area (Å²) in [6.45, 7) is 3.93. The highest BCUT2D eigenvalue weighted by atomic mass is 19.1. The van der Waals surface area contributed by atoms with Crippen LogP contribution in [0.4, 0.5) is 8.78 Å². The van der Waals surface area contributed by atoms with E-state index in [9.17, 15) is 13.6 Å². The molecule has 0 bridgehead atoms. The standard InChI is InChI=1S/C12H16F2N2O/c1-3-9(4-2)16-12(17)6-11-10(14)5-8(13)7-15-11/h5,7,9H,3-4,6H2,1-2H3,(H,16,17). The average molecular weight is 242 g/mol. The first kappa shape index (κ1) is 13.5. The lowest BCUT2D eigenvalue weighted by Crippen LogP contribution is -2.35. The number of amides is 1. The van der Waals surface area contributed by atoms with Crippen molar-refractivity contribution in [1.29, 1.82) is 0 Å². The Balaban J connectivity index is 2.62. The van der Waals surface area contributed by atoms with E-state index >= 15 is 0 Å². The Bertz CT molecular complexity index is 392. The number of nitrogens with one attached hydrogen (secondary N) is 1. The molecule has 0 aliphatic rings. The van der Waals surface area contributed by atoms with Crippen molar-refractivity contribution >= 4 is 5.91 Å². The molecular weight excluding hydrogens is 226 g/mol. The number of halogens is 2. The summed E-state index contributed by atoms with van der Waals surface area (Å²) >= 11 is 0. The zero-order valence-corrected chi connectivity index (χ0v) is 9.96. The van der Waals surface area contributed by atoms with Crippen LogP contribution in [0.2, 0.25) is 0 Å². The molecule has 1 aromatic rings. The van der Waals surface area contributed by atoms with Gasteiger partial charge in [0.15, 0.2) is 0 Å². The van der Waals surface area contributed by atoms with Crippen molar-refractivity contribution in [3.8, 4) is 0 Å². The molecule has 94 valence electrons. The second kappa shape index (κ2) is 6.27. The van der Waals surface area contributed by atoms with Gasteiger partial charge in [0, 0.05) is 12.1 Å². The number of pyridine rings is 1. The Hall–Kier alpha value is -1.52. The van der Waals surface area contributed by atoms with Crippen LogP contribution in [-0.4, -0.2) is 16.9 Å². The Morgan fingerprint density at radius 3 is 2.59 bits per heavy atom. The first-order valence-corrected chi connectivity index (χ1v) is 5.66. The second-order valence-electron chi connectivity index (χ2n) is 3.84. The van der Waals surface area contributed by atoms with Gasteiger partial charge in [-0.1, -0.05) is 13.8 Å². The van der Waals surface area contributed by atoms with E-state index in [0.29, 0.717) is 0 Å². The zero-order chi connectivity index (χ0) is 12.8. The number of carbonyl (C=O) groups excluding carboxylic acids is 1. The van der Waals surface area contributed by atoms with Gasteiger partial charge in [0.05, 0.1) is 18.3 Å². The SMILES string of the molecule is CCC(CC)NC(=O)Cc1ncc(F)cc1F. The highest BCUT2D eigenvalue weighted by molar-refractivity contribution is 5.78. The van der Waals surface area contributed by atoms with Crippen LogP contribution in [0.3, 0.4) is 0 Å². The fourth-order valence-electron chi connectivity index (χ4n) is 1.50. The largest absolute Gasteiger partial charge is 0.353 e. The molecule has 3 nitrogen and oxygen atoms in total. The molecule has 5 heteroatoms. The third-order valence-electron chi connectivity index (χ3n) is 2.56. The van der Waals surface area contributed by atoms with Gasteiger partial charge >= 0.3 is 0 Å². The molecule has 0 saturated carbocycles. The minimum absolute atomic E-state index is 0.0325. The predicted molar refractivity (Wildman–Crippen MR) is 60.4 cm³/mol. The third-order valence-corrected chi connectivity index (χ3v) is 2.56. The van der Waals surface area contributed by atoms with Crippen LogP contribution in [-0.2, 0) is 11.2 Å². The van der Waals surface area contributed by atoms with Crippen LogP contribution >= 0.6 is 0 Å². The van der Waals surface area contributed by atoms with E-state index in [0.717, 1.165) is 25.1 Å². The molecule has 0 aromatic carbocycles. The first-order valence-electron chi connectivity index (χ1n) is 5.66. The van der Waals surface area contributed by atoms with Crippen LogP contribution in [0, 0.1) is 11.6 Å². The number of carbonyl (C=O) groups is 1. The van der Waals surface area contributed by atoms with Crippen molar-refractivity contribution in [2.75, 3.05) is 0 Å². The smallest absolute Gasteiger partial charge is 0.226 e. The van der Waals surface area contributed by atoms with Crippen LogP contribution in [0.1, 0.15) is 32.4 Å². The topological polar surface area (TPSA) is 42.0 Å². The maximum atomic E-state index is 13.2. The molecule has 0 spiro atoms. The Morgan fingerprint density at radius 1 is 1.41 bits per heavy atom. The summed E-state index contributed by atoms with van der Waals surface area (Å²) < 4.78 is 25.8. The Morgan fingerprint density at radius 2 is 2.06 bits per heavy atom. The minimum atomic E-state index is -0.787. The number of hydrogen-bond donors (Lipinski definition) is 1. The van der Waals surface area contributed by atoms with Crippen LogP contribution in [0.15, 0.2) is 12.3 Å². The molecule has 1 rings (SSSR count). The van der Waals surface area contributed by atoms with Gasteiger partial charge < -0.3 is 5.32 Å². The van der Waals surface area contributed by atoms with Crippen molar-refractivity contribution < 1.29 is 13.6 Å². The zero-order valence-electron chi connectivity index (χ0n) is 9.96. The molecule has 1 aromatic heterocycles. The molecule has 0 radical (unpaired) electrons. The average Bonchev–Trinajstić information content (AvgIpc) is 2.29. The van der Waals surface area contributed by atoms with Crippen molar-refractivity contribution in [2.24, 2.45) is 0 Å². The van der Waals surface area contributed by atoms with E-state index in [2.05, 4.69) is 10.3 Å². The molecule has 0 aliphatic heterocycles. The molecule has 0 aliphatic carbocycles. The third kappa shape index (κ3) is 4.09. The van der Waals surface area contributed by atoms with Crippen molar-refractivity contribution in [1.82, 2.24) is 10.3 Å². The quantitative estimate of drug-likeness (QED) is 0.860. The Labute approximate surface area is 99.2 Å². The van der Waals surface area contributed by atoms with Gasteiger partial charge in [-0.05, 0) is 12.8 Å². The van der Waals surface area contributed by atoms with Crippen molar-refractivity contribution in [3.05, 3.63) is 29.6 Å². The number of nitrogens with zero attached hydrogens (tertiary/aromatic N) is 1. The number of rotatable bonds is 5. The van der Waals surface area contributed by atoms with Crippen LogP contribution < -0.4 is 5.32 Å². The lowest BCUT2D eigenvalue weighted by atomic mass is 10.1. The number of hydrogen-bond acceptors (Lipinski definition) is 2. The van der Waals surface area contributed by atoms with E-state index in [1.807, 2.05) is 13.8 Å². The Kier molecular flexibility index (Phi) is 5.00. The highest BCUT2D eigenvalue weighted by Crippen LogP contribution is 2.07. The van der Waals surface area contributed by atoms with Gasteiger partial charge in [-0.15, -0.1) is 0 Å². The lowest BCUT2D eigenvalue weighted by molar-refractivity contribution is -0.121. The van der Waals surface area contributed by atoms with Crippen molar-refractivity contribution in [2.45, 2.75) is 39.2 Å². The molecule has 0 saturated heterocycles. The summed E-state index contributed by atoms with van der Waals surface area (Å²) in [6.07, 6.45) is 2.38. The summed E-state index contributed by atoms with van der Waals surface area (Å²) in [7, 11) is 0. The first-order chi connectivity index (χ1) is 8.06. The van der Waals surface area contributed by atoms with Crippen LogP contribution in [0.5, 0.6) is 0 Å². The van der Waals surface area contributed by atoms with Gasteiger partial charge in [-0.2, -0.15) is 0 Å².